The van der Waals surface area contributed by atoms with E-state index in [4.69, 9.17) is 28.0 Å². The van der Waals surface area contributed by atoms with Crippen LogP contribution in [-0.2, 0) is 10.0 Å². The van der Waals surface area contributed by atoms with Crippen molar-refractivity contribution in [2.45, 2.75) is 13.0 Å². The molecule has 1 radical (unpaired) electrons. The Hall–Kier alpha value is -1.73. The van der Waals surface area contributed by atoms with Gasteiger partial charge in [-0.2, -0.15) is 0 Å². The number of nitrogens with zero attached hydrogens (tertiary/aromatic N) is 3. The molecule has 6 nitrogen and oxygen atoms in total. The molecule has 3 rings (SSSR count). The SMILES string of the molecule is CC(ON1CCNC1=Nc1c(Cl)cccc1Cl)C1=CCN([O])C=C1. The van der Waals surface area contributed by atoms with E-state index >= 15 is 0 Å². The van der Waals surface area contributed by atoms with Crippen molar-refractivity contribution in [1.29, 1.82) is 0 Å². The van der Waals surface area contributed by atoms with Crippen LogP contribution in [0.2, 0.25) is 10.0 Å². The maximum Gasteiger partial charge on any atom is 0.223 e. The van der Waals surface area contributed by atoms with Gasteiger partial charge in [0.1, 0.15) is 11.8 Å². The molecule has 2 heterocycles. The minimum atomic E-state index is -0.207. The van der Waals surface area contributed by atoms with Gasteiger partial charge in [-0.25, -0.2) is 15.1 Å². The monoisotopic (exact) mass is 367 g/mol. The first-order valence-electron chi connectivity index (χ1n) is 7.57. The van der Waals surface area contributed by atoms with Gasteiger partial charge in [0.25, 0.3) is 0 Å². The molecule has 0 bridgehead atoms. The third kappa shape index (κ3) is 3.84. The number of halogens is 2. The van der Waals surface area contributed by atoms with Gasteiger partial charge in [0, 0.05) is 12.7 Å². The van der Waals surface area contributed by atoms with E-state index in [2.05, 4.69) is 10.3 Å². The highest BCUT2D eigenvalue weighted by atomic mass is 35.5. The Bertz CT molecular complexity index is 685. The molecule has 1 N–H and O–H groups in total. The number of hydroxylamine groups is 4. The lowest BCUT2D eigenvalue weighted by Crippen LogP contribution is -2.34. The second-order valence-corrected chi connectivity index (χ2v) is 6.22. The van der Waals surface area contributed by atoms with E-state index in [-0.39, 0.29) is 6.10 Å². The molecule has 0 spiro atoms. The molecule has 2 aliphatic heterocycles. The van der Waals surface area contributed by atoms with Crippen LogP contribution in [0.3, 0.4) is 0 Å². The topological polar surface area (TPSA) is 60.0 Å². The molecule has 1 saturated heterocycles. The number of rotatable bonds is 4. The van der Waals surface area contributed by atoms with Gasteiger partial charge in [0.05, 0.1) is 23.1 Å². The fraction of sp³-hybridized carbons (Fsp3) is 0.312. The van der Waals surface area contributed by atoms with Crippen molar-refractivity contribution in [3.63, 3.8) is 0 Å². The zero-order valence-corrected chi connectivity index (χ0v) is 14.6. The van der Waals surface area contributed by atoms with Crippen LogP contribution in [0.4, 0.5) is 5.69 Å². The van der Waals surface area contributed by atoms with Gasteiger partial charge < -0.3 is 5.32 Å². The lowest BCUT2D eigenvalue weighted by Gasteiger charge is -2.24. The highest BCUT2D eigenvalue weighted by Gasteiger charge is 2.23. The van der Waals surface area contributed by atoms with Gasteiger partial charge in [-0.1, -0.05) is 40.6 Å². The van der Waals surface area contributed by atoms with E-state index in [1.54, 1.807) is 29.3 Å². The number of benzene rings is 1. The summed E-state index contributed by atoms with van der Waals surface area (Å²) < 4.78 is 0. The summed E-state index contributed by atoms with van der Waals surface area (Å²) in [7, 11) is 0. The zero-order chi connectivity index (χ0) is 17.1. The second-order valence-electron chi connectivity index (χ2n) is 5.40. The summed E-state index contributed by atoms with van der Waals surface area (Å²) in [4.78, 5) is 10.5. The maximum atomic E-state index is 11.2. The van der Waals surface area contributed by atoms with Crippen molar-refractivity contribution in [3.05, 3.63) is 52.2 Å². The molecule has 1 fully saturated rings. The quantitative estimate of drug-likeness (QED) is 0.886. The van der Waals surface area contributed by atoms with Gasteiger partial charge in [-0.3, -0.25) is 4.84 Å². The van der Waals surface area contributed by atoms with Gasteiger partial charge in [0.2, 0.25) is 5.96 Å². The molecule has 8 heteroatoms. The highest BCUT2D eigenvalue weighted by molar-refractivity contribution is 6.38. The average molecular weight is 368 g/mol. The largest absolute Gasteiger partial charge is 0.352 e. The number of aliphatic imine (C=N–C) groups is 1. The van der Waals surface area contributed by atoms with E-state index in [1.165, 1.54) is 6.20 Å². The molecule has 1 atom stereocenters. The van der Waals surface area contributed by atoms with Gasteiger partial charge in [0.15, 0.2) is 0 Å². The fourth-order valence-corrected chi connectivity index (χ4v) is 2.89. The van der Waals surface area contributed by atoms with Gasteiger partial charge in [-0.15, -0.1) is 0 Å². The molecule has 1 unspecified atom stereocenters. The van der Waals surface area contributed by atoms with Crippen LogP contribution in [-0.4, -0.2) is 41.8 Å². The minimum absolute atomic E-state index is 0.207. The average Bonchev–Trinajstić information content (AvgIpc) is 2.98. The highest BCUT2D eigenvalue weighted by Crippen LogP contribution is 2.33. The van der Waals surface area contributed by atoms with E-state index in [9.17, 15) is 5.21 Å². The van der Waals surface area contributed by atoms with Crippen LogP contribution in [0.25, 0.3) is 0 Å². The number of hydrogen-bond donors (Lipinski definition) is 1. The Balaban J connectivity index is 1.74. The summed E-state index contributed by atoms with van der Waals surface area (Å²) in [6, 6.07) is 5.25. The first-order chi connectivity index (χ1) is 11.5. The molecular weight excluding hydrogens is 351 g/mol. The second kappa shape index (κ2) is 7.44. The van der Waals surface area contributed by atoms with Crippen molar-refractivity contribution >= 4 is 34.8 Å². The lowest BCUT2D eigenvalue weighted by atomic mass is 10.1. The summed E-state index contributed by atoms with van der Waals surface area (Å²) in [5.74, 6) is 0.558. The Morgan fingerprint density at radius 3 is 2.75 bits per heavy atom. The third-order valence-electron chi connectivity index (χ3n) is 3.68. The predicted octanol–water partition coefficient (Wildman–Crippen LogP) is 3.31. The van der Waals surface area contributed by atoms with Crippen LogP contribution < -0.4 is 5.32 Å². The minimum Gasteiger partial charge on any atom is -0.352 e. The predicted molar refractivity (Wildman–Crippen MR) is 93.4 cm³/mol. The summed E-state index contributed by atoms with van der Waals surface area (Å²) in [6.45, 7) is 3.61. The van der Waals surface area contributed by atoms with Crippen LogP contribution in [0.15, 0.2) is 47.1 Å². The summed E-state index contributed by atoms with van der Waals surface area (Å²) in [5, 5.41) is 17.8. The normalized spacial score (nSPS) is 20.3. The van der Waals surface area contributed by atoms with Crippen molar-refractivity contribution in [2.75, 3.05) is 19.6 Å². The molecular formula is C16H17Cl2N4O2. The van der Waals surface area contributed by atoms with E-state index < -0.39 is 0 Å². The van der Waals surface area contributed by atoms with Crippen molar-refractivity contribution in [2.24, 2.45) is 4.99 Å². The standard InChI is InChI=1S/C16H17Cl2N4O2/c1-11(12-5-8-21(23)9-6-12)24-22-10-7-19-16(22)20-15-13(17)3-2-4-14(15)18/h2-6,8,11H,7,9-10H2,1H3,(H,19,20). The smallest absolute Gasteiger partial charge is 0.223 e. The van der Waals surface area contributed by atoms with Crippen molar-refractivity contribution < 1.29 is 10.0 Å². The Labute approximate surface area is 150 Å². The van der Waals surface area contributed by atoms with Crippen LogP contribution >= 0.6 is 23.2 Å². The molecule has 0 saturated carbocycles. The maximum absolute atomic E-state index is 11.2. The molecule has 127 valence electrons. The molecule has 0 aliphatic carbocycles. The molecule has 0 amide bonds. The Morgan fingerprint density at radius 2 is 2.08 bits per heavy atom. The van der Waals surface area contributed by atoms with Crippen LogP contribution in [0, 0.1) is 0 Å². The van der Waals surface area contributed by atoms with Gasteiger partial charge in [-0.05, 0) is 30.7 Å². The molecule has 1 aromatic rings. The number of nitrogens with one attached hydrogen (secondary N) is 1. The van der Waals surface area contributed by atoms with E-state index in [0.29, 0.717) is 41.3 Å². The molecule has 1 aromatic carbocycles. The van der Waals surface area contributed by atoms with Crippen LogP contribution in [0.5, 0.6) is 0 Å². The van der Waals surface area contributed by atoms with E-state index in [1.807, 2.05) is 13.0 Å². The fourth-order valence-electron chi connectivity index (χ4n) is 2.41. The lowest BCUT2D eigenvalue weighted by molar-refractivity contribution is -0.121. The molecule has 0 aromatic heterocycles. The molecule has 24 heavy (non-hydrogen) atoms. The summed E-state index contributed by atoms with van der Waals surface area (Å²) in [5.41, 5.74) is 1.45. The first-order valence-corrected chi connectivity index (χ1v) is 8.33. The summed E-state index contributed by atoms with van der Waals surface area (Å²) in [6.07, 6.45) is 4.90. The number of guanidine groups is 1. The van der Waals surface area contributed by atoms with E-state index in [0.717, 1.165) is 10.6 Å². The number of para-hydroxylation sites is 1. The summed E-state index contributed by atoms with van der Waals surface area (Å²) >= 11 is 12.3. The third-order valence-corrected chi connectivity index (χ3v) is 4.29. The first kappa shape index (κ1) is 17.1. The molecule has 2 aliphatic rings. The van der Waals surface area contributed by atoms with Crippen LogP contribution in [0.1, 0.15) is 6.92 Å². The van der Waals surface area contributed by atoms with Gasteiger partial charge >= 0.3 is 0 Å². The number of hydrogen-bond acceptors (Lipinski definition) is 3. The van der Waals surface area contributed by atoms with Crippen molar-refractivity contribution in [3.8, 4) is 0 Å². The Morgan fingerprint density at radius 1 is 1.33 bits per heavy atom. The van der Waals surface area contributed by atoms with Crippen molar-refractivity contribution in [1.82, 2.24) is 15.4 Å². The Kier molecular flexibility index (Phi) is 5.30. The zero-order valence-electron chi connectivity index (χ0n) is 13.1.